The molecule has 0 bridgehead atoms. The summed E-state index contributed by atoms with van der Waals surface area (Å²) in [5.74, 6) is 0.535. The molecule has 5 aromatic rings. The molecular weight excluding hydrogens is 416 g/mol. The van der Waals surface area contributed by atoms with Crippen molar-refractivity contribution in [2.24, 2.45) is 7.05 Å². The zero-order valence-electron chi connectivity index (χ0n) is 18.5. The molecule has 164 valence electrons. The van der Waals surface area contributed by atoms with Crippen molar-refractivity contribution in [2.75, 3.05) is 12.4 Å². The van der Waals surface area contributed by atoms with Gasteiger partial charge in [-0.1, -0.05) is 0 Å². The number of benzene rings is 2. The van der Waals surface area contributed by atoms with Crippen molar-refractivity contribution in [3.8, 4) is 22.7 Å². The summed E-state index contributed by atoms with van der Waals surface area (Å²) in [4.78, 5) is 18.2. The maximum absolute atomic E-state index is 13.4. The van der Waals surface area contributed by atoms with Gasteiger partial charge in [-0.2, -0.15) is 10.2 Å². The number of pyridine rings is 1. The summed E-state index contributed by atoms with van der Waals surface area (Å²) in [5, 5.41) is 12.5. The van der Waals surface area contributed by atoms with E-state index in [4.69, 9.17) is 9.72 Å². The van der Waals surface area contributed by atoms with Gasteiger partial charge in [-0.3, -0.25) is 9.48 Å². The highest BCUT2D eigenvalue weighted by Gasteiger charge is 2.19. The summed E-state index contributed by atoms with van der Waals surface area (Å²) in [5.41, 5.74) is 5.09. The van der Waals surface area contributed by atoms with Crippen LogP contribution in [0.4, 0.5) is 5.69 Å². The summed E-state index contributed by atoms with van der Waals surface area (Å²) in [6.07, 6.45) is 3.59. The number of aromatic nitrogens is 5. The lowest BCUT2D eigenvalue weighted by atomic mass is 10.0. The van der Waals surface area contributed by atoms with E-state index >= 15 is 0 Å². The van der Waals surface area contributed by atoms with E-state index in [-0.39, 0.29) is 5.91 Å². The Hall–Kier alpha value is -4.46. The third-order valence-corrected chi connectivity index (χ3v) is 5.49. The maximum atomic E-state index is 13.4. The van der Waals surface area contributed by atoms with Gasteiger partial charge in [0.05, 0.1) is 35.1 Å². The van der Waals surface area contributed by atoms with Crippen LogP contribution < -0.4 is 10.1 Å². The minimum Gasteiger partial charge on any atom is -0.497 e. The van der Waals surface area contributed by atoms with E-state index in [9.17, 15) is 4.79 Å². The molecule has 0 saturated carbocycles. The molecule has 0 aliphatic rings. The summed E-state index contributed by atoms with van der Waals surface area (Å²) < 4.78 is 8.72. The third kappa shape index (κ3) is 3.82. The van der Waals surface area contributed by atoms with Crippen molar-refractivity contribution in [2.45, 2.75) is 6.92 Å². The van der Waals surface area contributed by atoms with Crippen molar-refractivity contribution in [1.29, 1.82) is 0 Å². The van der Waals surface area contributed by atoms with Crippen molar-refractivity contribution < 1.29 is 9.53 Å². The van der Waals surface area contributed by atoms with Gasteiger partial charge in [0.15, 0.2) is 5.65 Å². The number of ether oxygens (including phenoxy) is 1. The molecule has 0 aliphatic carbocycles. The van der Waals surface area contributed by atoms with Crippen LogP contribution in [0.2, 0.25) is 0 Å². The molecule has 1 amide bonds. The normalized spacial score (nSPS) is 11.0. The predicted molar refractivity (Wildman–Crippen MR) is 127 cm³/mol. The number of nitrogens with one attached hydrogen (secondary N) is 1. The van der Waals surface area contributed by atoms with Gasteiger partial charge >= 0.3 is 0 Å². The third-order valence-electron chi connectivity index (χ3n) is 5.49. The molecule has 3 aromatic heterocycles. The lowest BCUT2D eigenvalue weighted by Crippen LogP contribution is -2.13. The Morgan fingerprint density at radius 2 is 1.82 bits per heavy atom. The summed E-state index contributed by atoms with van der Waals surface area (Å²) in [6, 6.07) is 18.8. The monoisotopic (exact) mass is 438 g/mol. The van der Waals surface area contributed by atoms with Gasteiger partial charge in [0.2, 0.25) is 0 Å². The van der Waals surface area contributed by atoms with Crippen molar-refractivity contribution >= 4 is 22.6 Å². The number of carbonyl (C=O) groups excluding carboxylic acids is 1. The molecule has 0 atom stereocenters. The van der Waals surface area contributed by atoms with Crippen LogP contribution in [0, 0.1) is 6.92 Å². The SMILES string of the molecule is COc1ccc(-c2cc(C(=O)Nc3ccc(-n4cccn4)cc3)c3c(C)nn(C)c3n2)cc1. The fourth-order valence-electron chi connectivity index (χ4n) is 3.85. The minimum atomic E-state index is -0.222. The number of rotatable bonds is 5. The largest absolute Gasteiger partial charge is 0.497 e. The number of anilines is 1. The molecular formula is C25H22N6O2. The molecule has 0 aliphatic heterocycles. The fourth-order valence-corrected chi connectivity index (χ4v) is 3.85. The Morgan fingerprint density at radius 3 is 2.48 bits per heavy atom. The van der Waals surface area contributed by atoms with Crippen LogP contribution in [0.3, 0.4) is 0 Å². The van der Waals surface area contributed by atoms with Gasteiger partial charge in [-0.05, 0) is 67.6 Å². The van der Waals surface area contributed by atoms with E-state index in [1.165, 1.54) is 0 Å². The van der Waals surface area contributed by atoms with Crippen LogP contribution in [0.5, 0.6) is 5.75 Å². The van der Waals surface area contributed by atoms with Gasteiger partial charge in [0.1, 0.15) is 5.75 Å². The van der Waals surface area contributed by atoms with E-state index in [0.717, 1.165) is 28.1 Å². The molecule has 0 fully saturated rings. The molecule has 3 heterocycles. The first-order chi connectivity index (χ1) is 16.0. The Labute approximate surface area is 190 Å². The van der Waals surface area contributed by atoms with Crippen LogP contribution >= 0.6 is 0 Å². The smallest absolute Gasteiger partial charge is 0.256 e. The van der Waals surface area contributed by atoms with Gasteiger partial charge in [-0.15, -0.1) is 0 Å². The van der Waals surface area contributed by atoms with Crippen LogP contribution in [-0.4, -0.2) is 37.6 Å². The van der Waals surface area contributed by atoms with E-state index < -0.39 is 0 Å². The Bertz CT molecular complexity index is 1440. The molecule has 5 rings (SSSR count). The minimum absolute atomic E-state index is 0.222. The summed E-state index contributed by atoms with van der Waals surface area (Å²) >= 11 is 0. The van der Waals surface area contributed by atoms with E-state index in [1.807, 2.05) is 80.8 Å². The molecule has 33 heavy (non-hydrogen) atoms. The Balaban J connectivity index is 1.52. The van der Waals surface area contributed by atoms with Crippen LogP contribution in [-0.2, 0) is 7.05 Å². The molecule has 0 saturated heterocycles. The average molecular weight is 438 g/mol. The van der Waals surface area contributed by atoms with E-state index in [1.54, 1.807) is 22.7 Å². The number of carbonyl (C=O) groups is 1. The second kappa shape index (κ2) is 8.23. The molecule has 0 radical (unpaired) electrons. The number of methoxy groups -OCH3 is 1. The topological polar surface area (TPSA) is 86.9 Å². The number of nitrogens with zero attached hydrogens (tertiary/aromatic N) is 5. The summed E-state index contributed by atoms with van der Waals surface area (Å²) in [6.45, 7) is 1.88. The molecule has 8 heteroatoms. The van der Waals surface area contributed by atoms with Gasteiger partial charge in [-0.25, -0.2) is 9.67 Å². The van der Waals surface area contributed by atoms with E-state index in [2.05, 4.69) is 15.5 Å². The molecule has 2 aromatic carbocycles. The van der Waals surface area contributed by atoms with Gasteiger partial charge < -0.3 is 10.1 Å². The highest BCUT2D eigenvalue weighted by molar-refractivity contribution is 6.13. The molecule has 8 nitrogen and oxygen atoms in total. The summed E-state index contributed by atoms with van der Waals surface area (Å²) in [7, 11) is 3.46. The molecule has 0 spiro atoms. The second-order valence-electron chi connectivity index (χ2n) is 7.64. The molecule has 1 N–H and O–H groups in total. The van der Waals surface area contributed by atoms with Gasteiger partial charge in [0.25, 0.3) is 5.91 Å². The maximum Gasteiger partial charge on any atom is 0.256 e. The number of hydrogen-bond donors (Lipinski definition) is 1. The van der Waals surface area contributed by atoms with Crippen molar-refractivity contribution in [3.63, 3.8) is 0 Å². The fraction of sp³-hybridized carbons (Fsp3) is 0.120. The first kappa shape index (κ1) is 20.4. The van der Waals surface area contributed by atoms with Crippen LogP contribution in [0.25, 0.3) is 28.0 Å². The zero-order valence-corrected chi connectivity index (χ0v) is 18.5. The first-order valence-corrected chi connectivity index (χ1v) is 10.4. The number of fused-ring (bicyclic) bond motifs is 1. The highest BCUT2D eigenvalue weighted by Crippen LogP contribution is 2.28. The lowest BCUT2D eigenvalue weighted by Gasteiger charge is -2.10. The van der Waals surface area contributed by atoms with Crippen LogP contribution in [0.1, 0.15) is 16.1 Å². The standard InChI is InChI=1S/C25H22N6O2/c1-16-23-21(25(32)27-18-7-9-19(10-8-18)31-14-4-13-26-31)15-22(28-24(23)30(2)29-16)17-5-11-20(33-3)12-6-17/h4-15H,1-3H3,(H,27,32). The number of amides is 1. The van der Waals surface area contributed by atoms with Crippen molar-refractivity contribution in [3.05, 3.63) is 84.3 Å². The predicted octanol–water partition coefficient (Wildman–Crippen LogP) is 4.39. The molecule has 0 unspecified atom stereocenters. The zero-order chi connectivity index (χ0) is 22.9. The van der Waals surface area contributed by atoms with Crippen LogP contribution in [0.15, 0.2) is 73.1 Å². The van der Waals surface area contributed by atoms with Gasteiger partial charge in [0, 0.05) is 30.7 Å². The average Bonchev–Trinajstić information content (AvgIpc) is 3.47. The number of hydrogen-bond acceptors (Lipinski definition) is 5. The second-order valence-corrected chi connectivity index (χ2v) is 7.64. The first-order valence-electron chi connectivity index (χ1n) is 10.4. The Morgan fingerprint density at radius 1 is 1.06 bits per heavy atom. The Kier molecular flexibility index (Phi) is 5.10. The number of aryl methyl sites for hydroxylation is 2. The highest BCUT2D eigenvalue weighted by atomic mass is 16.5. The quantitative estimate of drug-likeness (QED) is 0.440. The lowest BCUT2D eigenvalue weighted by molar-refractivity contribution is 0.102. The van der Waals surface area contributed by atoms with E-state index in [0.29, 0.717) is 22.6 Å². The van der Waals surface area contributed by atoms with Crippen molar-refractivity contribution in [1.82, 2.24) is 24.5 Å².